The molecule has 5 heteroatoms. The Balaban J connectivity index is 1.35. The lowest BCUT2D eigenvalue weighted by atomic mass is 9.92. The number of carbonyl (C=O) groups is 1. The van der Waals surface area contributed by atoms with Crippen molar-refractivity contribution in [2.75, 3.05) is 6.61 Å². The minimum absolute atomic E-state index is 0.211. The van der Waals surface area contributed by atoms with Crippen LogP contribution in [0.25, 0.3) is 11.5 Å². The summed E-state index contributed by atoms with van der Waals surface area (Å²) in [5.41, 5.74) is 5.26. The van der Waals surface area contributed by atoms with Crippen molar-refractivity contribution in [3.63, 3.8) is 0 Å². The van der Waals surface area contributed by atoms with Gasteiger partial charge in [-0.2, -0.15) is 0 Å². The Morgan fingerprint density at radius 2 is 1.74 bits per heavy atom. The fourth-order valence-electron chi connectivity index (χ4n) is 4.06. The first kappa shape index (κ1) is 23.4. The molecule has 0 amide bonds. The largest absolute Gasteiger partial charge is 0.466 e. The van der Waals surface area contributed by atoms with Crippen molar-refractivity contribution in [3.05, 3.63) is 107 Å². The third-order valence-corrected chi connectivity index (χ3v) is 5.91. The lowest BCUT2D eigenvalue weighted by molar-refractivity contribution is -0.144. The number of oxazole rings is 1. The van der Waals surface area contributed by atoms with E-state index in [9.17, 15) is 4.79 Å². The number of aromatic nitrogens is 2. The molecule has 4 aromatic rings. The van der Waals surface area contributed by atoms with Crippen molar-refractivity contribution in [3.8, 4) is 11.5 Å². The number of esters is 1. The summed E-state index contributed by atoms with van der Waals surface area (Å²) in [7, 11) is 0. The number of hydrogen-bond donors (Lipinski definition) is 0. The van der Waals surface area contributed by atoms with E-state index in [1.54, 1.807) is 12.4 Å². The molecule has 0 radical (unpaired) electrons. The zero-order valence-electron chi connectivity index (χ0n) is 19.7. The predicted molar refractivity (Wildman–Crippen MR) is 132 cm³/mol. The average molecular weight is 455 g/mol. The van der Waals surface area contributed by atoms with E-state index in [2.05, 4.69) is 29.2 Å². The van der Waals surface area contributed by atoms with Crippen LogP contribution in [0.5, 0.6) is 0 Å². The standard InChI is InChI=1S/C29H30N2O3/c1-3-33-29(32)26(25-12-8-18-30-20-25)19-23-16-14-22(15-17-23)9-7-13-27-21(2)34-28(31-27)24-10-5-4-6-11-24/h4-6,8,10-12,14-18,20,26H,3,7,9,13,19H2,1-2H3. The second kappa shape index (κ2) is 11.4. The zero-order chi connectivity index (χ0) is 23.8. The van der Waals surface area contributed by atoms with Gasteiger partial charge in [0.05, 0.1) is 18.2 Å². The molecule has 1 atom stereocenters. The molecule has 0 spiro atoms. The third kappa shape index (κ3) is 5.98. The van der Waals surface area contributed by atoms with Crippen LogP contribution in [0.4, 0.5) is 0 Å². The van der Waals surface area contributed by atoms with Gasteiger partial charge in [-0.15, -0.1) is 0 Å². The van der Waals surface area contributed by atoms with Crippen molar-refractivity contribution >= 4 is 5.97 Å². The molecule has 0 saturated heterocycles. The lowest BCUT2D eigenvalue weighted by Crippen LogP contribution is -2.18. The van der Waals surface area contributed by atoms with Crippen LogP contribution in [-0.2, 0) is 28.8 Å². The maximum atomic E-state index is 12.5. The molecule has 2 aromatic carbocycles. The van der Waals surface area contributed by atoms with Gasteiger partial charge in [0.1, 0.15) is 5.76 Å². The molecule has 2 aromatic heterocycles. The number of carbonyl (C=O) groups excluding carboxylic acids is 1. The molecule has 174 valence electrons. The molecule has 2 heterocycles. The van der Waals surface area contributed by atoms with Crippen molar-refractivity contribution in [2.45, 2.75) is 45.4 Å². The number of aryl methyl sites for hydroxylation is 3. The van der Waals surface area contributed by atoms with E-state index in [4.69, 9.17) is 14.1 Å². The van der Waals surface area contributed by atoms with Crippen LogP contribution in [0.15, 0.2) is 83.5 Å². The van der Waals surface area contributed by atoms with E-state index in [1.165, 1.54) is 5.56 Å². The summed E-state index contributed by atoms with van der Waals surface area (Å²) in [5, 5.41) is 0. The molecule has 0 bridgehead atoms. The smallest absolute Gasteiger partial charge is 0.313 e. The number of ether oxygens (including phenoxy) is 1. The Morgan fingerprint density at radius 1 is 0.971 bits per heavy atom. The molecule has 4 rings (SSSR count). The van der Waals surface area contributed by atoms with E-state index in [1.807, 2.05) is 56.3 Å². The molecule has 1 unspecified atom stereocenters. The molecular formula is C29H30N2O3. The summed E-state index contributed by atoms with van der Waals surface area (Å²) in [5.74, 6) is 1.00. The molecule has 0 saturated carbocycles. The first-order chi connectivity index (χ1) is 16.6. The van der Waals surface area contributed by atoms with Gasteiger partial charge in [-0.05, 0) is 74.4 Å². The van der Waals surface area contributed by atoms with Crippen LogP contribution in [0, 0.1) is 6.92 Å². The number of hydrogen-bond acceptors (Lipinski definition) is 5. The first-order valence-electron chi connectivity index (χ1n) is 11.8. The van der Waals surface area contributed by atoms with Gasteiger partial charge < -0.3 is 9.15 Å². The van der Waals surface area contributed by atoms with Gasteiger partial charge in [0.2, 0.25) is 5.89 Å². The number of nitrogens with zero attached hydrogens (tertiary/aromatic N) is 2. The van der Waals surface area contributed by atoms with Gasteiger partial charge in [-0.3, -0.25) is 9.78 Å². The Hall–Kier alpha value is -3.73. The normalized spacial score (nSPS) is 11.8. The Morgan fingerprint density at radius 3 is 2.44 bits per heavy atom. The maximum Gasteiger partial charge on any atom is 0.313 e. The highest BCUT2D eigenvalue weighted by molar-refractivity contribution is 5.78. The summed E-state index contributed by atoms with van der Waals surface area (Å²) in [4.78, 5) is 21.4. The quantitative estimate of drug-likeness (QED) is 0.271. The van der Waals surface area contributed by atoms with Crippen molar-refractivity contribution in [1.82, 2.24) is 9.97 Å². The van der Waals surface area contributed by atoms with Crippen LogP contribution in [0.3, 0.4) is 0 Å². The van der Waals surface area contributed by atoms with Crippen LogP contribution in [0.2, 0.25) is 0 Å². The van der Waals surface area contributed by atoms with E-state index in [-0.39, 0.29) is 11.9 Å². The van der Waals surface area contributed by atoms with Crippen molar-refractivity contribution < 1.29 is 13.9 Å². The number of rotatable bonds is 10. The van der Waals surface area contributed by atoms with Gasteiger partial charge >= 0.3 is 5.97 Å². The molecule has 34 heavy (non-hydrogen) atoms. The van der Waals surface area contributed by atoms with E-state index in [0.717, 1.165) is 47.4 Å². The Labute approximate surface area is 200 Å². The van der Waals surface area contributed by atoms with Crippen LogP contribution >= 0.6 is 0 Å². The monoisotopic (exact) mass is 454 g/mol. The lowest BCUT2D eigenvalue weighted by Gasteiger charge is -2.16. The molecule has 5 nitrogen and oxygen atoms in total. The van der Waals surface area contributed by atoms with Gasteiger partial charge in [0, 0.05) is 18.0 Å². The summed E-state index contributed by atoms with van der Waals surface area (Å²) in [6, 6.07) is 22.3. The maximum absolute atomic E-state index is 12.5. The van der Waals surface area contributed by atoms with Crippen LogP contribution < -0.4 is 0 Å². The highest BCUT2D eigenvalue weighted by Crippen LogP contribution is 2.24. The molecular weight excluding hydrogens is 424 g/mol. The molecule has 0 fully saturated rings. The topological polar surface area (TPSA) is 65.2 Å². The minimum Gasteiger partial charge on any atom is -0.466 e. The number of pyridine rings is 1. The molecule has 0 aliphatic carbocycles. The molecule has 0 aliphatic rings. The third-order valence-electron chi connectivity index (χ3n) is 5.91. The first-order valence-corrected chi connectivity index (χ1v) is 11.8. The predicted octanol–water partition coefficient (Wildman–Crippen LogP) is 6.11. The van der Waals surface area contributed by atoms with Crippen molar-refractivity contribution in [1.29, 1.82) is 0 Å². The van der Waals surface area contributed by atoms with Crippen LogP contribution in [0.1, 0.15) is 47.4 Å². The van der Waals surface area contributed by atoms with E-state index >= 15 is 0 Å². The summed E-state index contributed by atoms with van der Waals surface area (Å²) < 4.78 is 11.2. The van der Waals surface area contributed by atoms with E-state index < -0.39 is 0 Å². The fourth-order valence-corrected chi connectivity index (χ4v) is 4.06. The minimum atomic E-state index is -0.353. The highest BCUT2D eigenvalue weighted by Gasteiger charge is 2.22. The second-order valence-electron chi connectivity index (χ2n) is 8.35. The summed E-state index contributed by atoms with van der Waals surface area (Å²) in [6.07, 6.45) is 6.86. The Kier molecular flexibility index (Phi) is 7.87. The van der Waals surface area contributed by atoms with Gasteiger partial charge in [-0.25, -0.2) is 4.98 Å². The van der Waals surface area contributed by atoms with Gasteiger partial charge in [-0.1, -0.05) is 48.5 Å². The Bertz CT molecular complexity index is 1190. The molecule has 0 aliphatic heterocycles. The van der Waals surface area contributed by atoms with Crippen LogP contribution in [-0.4, -0.2) is 22.5 Å². The molecule has 0 N–H and O–H groups in total. The second-order valence-corrected chi connectivity index (χ2v) is 8.35. The average Bonchev–Trinajstić information content (AvgIpc) is 3.25. The van der Waals surface area contributed by atoms with Crippen molar-refractivity contribution in [2.24, 2.45) is 0 Å². The summed E-state index contributed by atoms with van der Waals surface area (Å²) >= 11 is 0. The fraction of sp³-hybridized carbons (Fsp3) is 0.276. The highest BCUT2D eigenvalue weighted by atomic mass is 16.5. The van der Waals surface area contributed by atoms with E-state index in [0.29, 0.717) is 18.9 Å². The van der Waals surface area contributed by atoms with Gasteiger partial charge in [0.15, 0.2) is 0 Å². The zero-order valence-corrected chi connectivity index (χ0v) is 19.7. The van der Waals surface area contributed by atoms with Gasteiger partial charge in [0.25, 0.3) is 0 Å². The number of benzene rings is 2. The summed E-state index contributed by atoms with van der Waals surface area (Å²) in [6.45, 7) is 4.17. The SMILES string of the molecule is CCOC(=O)C(Cc1ccc(CCCc2nc(-c3ccccc3)oc2C)cc1)c1cccnc1.